The lowest BCUT2D eigenvalue weighted by Crippen LogP contribution is -2.51. The van der Waals surface area contributed by atoms with Crippen molar-refractivity contribution < 1.29 is 18.3 Å². The van der Waals surface area contributed by atoms with Crippen LogP contribution in [0.1, 0.15) is 5.56 Å². The highest BCUT2D eigenvalue weighted by Gasteiger charge is 2.27. The molecule has 0 aliphatic carbocycles. The first kappa shape index (κ1) is 23.4. The Kier molecular flexibility index (Phi) is 7.77. The second-order valence-electron chi connectivity index (χ2n) is 8.30. The summed E-state index contributed by atoms with van der Waals surface area (Å²) < 4.78 is 32.7. The van der Waals surface area contributed by atoms with Gasteiger partial charge >= 0.3 is 0 Å². The van der Waals surface area contributed by atoms with E-state index >= 15 is 0 Å². The van der Waals surface area contributed by atoms with Crippen molar-refractivity contribution in [2.24, 2.45) is 0 Å². The fraction of sp³-hybridized carbons (Fsp3) is 0.308. The fourth-order valence-corrected chi connectivity index (χ4v) is 5.50. The number of rotatable bonds is 9. The van der Waals surface area contributed by atoms with Crippen LogP contribution in [-0.4, -0.2) is 68.2 Å². The van der Waals surface area contributed by atoms with E-state index in [0.29, 0.717) is 38.5 Å². The Morgan fingerprint density at radius 1 is 0.788 bits per heavy atom. The third-order valence-corrected chi connectivity index (χ3v) is 7.64. The van der Waals surface area contributed by atoms with Crippen LogP contribution in [0.4, 0.5) is 0 Å². The number of piperazine rings is 1. The smallest absolute Gasteiger partial charge is 0.218 e. The number of hydrogen-bond acceptors (Lipinski definition) is 5. The lowest BCUT2D eigenvalue weighted by atomic mass is 10.1. The molecular weight excluding hydrogens is 436 g/mol. The van der Waals surface area contributed by atoms with Gasteiger partial charge in [0, 0.05) is 32.7 Å². The highest BCUT2D eigenvalue weighted by atomic mass is 32.2. The van der Waals surface area contributed by atoms with Gasteiger partial charge < -0.3 is 9.84 Å². The number of hydrogen-bond donors (Lipinski definition) is 1. The lowest BCUT2D eigenvalue weighted by molar-refractivity contribution is 0.0569. The zero-order valence-corrected chi connectivity index (χ0v) is 19.4. The fourth-order valence-electron chi connectivity index (χ4n) is 3.98. The Hall–Kier alpha value is -2.71. The van der Waals surface area contributed by atoms with Gasteiger partial charge in [-0.25, -0.2) is 8.42 Å². The van der Waals surface area contributed by atoms with Crippen molar-refractivity contribution >= 4 is 10.0 Å². The predicted molar refractivity (Wildman–Crippen MR) is 130 cm³/mol. The molecule has 1 N–H and O–H groups in total. The summed E-state index contributed by atoms with van der Waals surface area (Å²) in [4.78, 5) is 2.08. The number of β-amino-alcohol motifs (C(OH)–C–C–N with tert-alkyl or cyclic N) is 1. The van der Waals surface area contributed by atoms with E-state index in [1.54, 1.807) is 4.31 Å². The van der Waals surface area contributed by atoms with Gasteiger partial charge in [0.1, 0.15) is 18.5 Å². The molecular formula is C26H30N2O4S. The molecule has 0 spiro atoms. The molecule has 3 aromatic rings. The second-order valence-corrected chi connectivity index (χ2v) is 10.3. The first-order chi connectivity index (χ1) is 16.0. The molecule has 1 atom stereocenters. The van der Waals surface area contributed by atoms with E-state index in [1.807, 2.05) is 72.8 Å². The molecule has 1 saturated heterocycles. The summed E-state index contributed by atoms with van der Waals surface area (Å²) in [6.07, 6.45) is -0.647. The molecule has 3 aromatic carbocycles. The van der Waals surface area contributed by atoms with Crippen molar-refractivity contribution in [2.45, 2.75) is 11.9 Å². The molecule has 1 aliphatic rings. The summed E-state index contributed by atoms with van der Waals surface area (Å²) >= 11 is 0. The Balaban J connectivity index is 1.20. The molecule has 6 nitrogen and oxygen atoms in total. The van der Waals surface area contributed by atoms with Crippen molar-refractivity contribution in [1.82, 2.24) is 9.21 Å². The minimum absolute atomic E-state index is 0.0212. The van der Waals surface area contributed by atoms with E-state index in [9.17, 15) is 13.5 Å². The van der Waals surface area contributed by atoms with E-state index in [0.717, 1.165) is 16.7 Å². The highest BCUT2D eigenvalue weighted by molar-refractivity contribution is 7.88. The molecule has 1 aliphatic heterocycles. The first-order valence-electron chi connectivity index (χ1n) is 11.2. The van der Waals surface area contributed by atoms with Crippen LogP contribution >= 0.6 is 0 Å². The molecule has 0 unspecified atom stereocenters. The van der Waals surface area contributed by atoms with Crippen molar-refractivity contribution in [2.75, 3.05) is 39.3 Å². The second kappa shape index (κ2) is 10.9. The maximum atomic E-state index is 12.7. The van der Waals surface area contributed by atoms with Gasteiger partial charge in [-0.1, -0.05) is 72.8 Å². The minimum atomic E-state index is -3.34. The molecule has 1 heterocycles. The summed E-state index contributed by atoms with van der Waals surface area (Å²) in [5, 5.41) is 10.4. The van der Waals surface area contributed by atoms with Gasteiger partial charge in [-0.05, 0) is 28.8 Å². The van der Waals surface area contributed by atoms with Crippen molar-refractivity contribution in [3.8, 4) is 16.9 Å². The minimum Gasteiger partial charge on any atom is -0.491 e. The maximum Gasteiger partial charge on any atom is 0.218 e. The standard InChI is InChI=1S/C26H30N2O4S/c29-25(20-32-26-13-11-24(12-14-26)23-9-5-2-6-10-23)19-27-15-17-28(18-16-27)33(30,31)21-22-7-3-1-4-8-22/h1-14,25,29H,15-21H2/t25-/m0/s1. The third kappa shape index (κ3) is 6.65. The average Bonchev–Trinajstić information content (AvgIpc) is 2.84. The predicted octanol–water partition coefficient (Wildman–Crippen LogP) is 3.24. The molecule has 174 valence electrons. The number of aliphatic hydroxyl groups is 1. The first-order valence-corrected chi connectivity index (χ1v) is 12.8. The van der Waals surface area contributed by atoms with Crippen molar-refractivity contribution in [3.63, 3.8) is 0 Å². The third-order valence-electron chi connectivity index (χ3n) is 5.79. The summed E-state index contributed by atoms with van der Waals surface area (Å²) in [5.41, 5.74) is 3.06. The summed E-state index contributed by atoms with van der Waals surface area (Å²) in [5.74, 6) is 0.735. The van der Waals surface area contributed by atoms with Crippen LogP contribution in [0.3, 0.4) is 0 Å². The number of aliphatic hydroxyl groups excluding tert-OH is 1. The SMILES string of the molecule is O=S(=O)(Cc1ccccc1)N1CCN(C[C@H](O)COc2ccc(-c3ccccc3)cc2)CC1. The van der Waals surface area contributed by atoms with Gasteiger partial charge in [-0.15, -0.1) is 0 Å². The molecule has 0 bridgehead atoms. The molecule has 0 saturated carbocycles. The topological polar surface area (TPSA) is 70.1 Å². The Morgan fingerprint density at radius 3 is 2.00 bits per heavy atom. The highest BCUT2D eigenvalue weighted by Crippen LogP contribution is 2.22. The molecule has 7 heteroatoms. The number of nitrogens with zero attached hydrogens (tertiary/aromatic N) is 2. The summed E-state index contributed by atoms with van der Waals surface area (Å²) in [6, 6.07) is 27.2. The van der Waals surface area contributed by atoms with Crippen LogP contribution in [-0.2, 0) is 15.8 Å². The zero-order valence-electron chi connectivity index (χ0n) is 18.6. The van der Waals surface area contributed by atoms with E-state index in [1.165, 1.54) is 0 Å². The van der Waals surface area contributed by atoms with Crippen molar-refractivity contribution in [1.29, 1.82) is 0 Å². The Morgan fingerprint density at radius 2 is 1.36 bits per heavy atom. The molecule has 1 fully saturated rings. The van der Waals surface area contributed by atoms with E-state index in [-0.39, 0.29) is 12.4 Å². The molecule has 4 rings (SSSR count). The lowest BCUT2D eigenvalue weighted by Gasteiger charge is -2.34. The van der Waals surface area contributed by atoms with E-state index in [2.05, 4.69) is 17.0 Å². The van der Waals surface area contributed by atoms with Crippen LogP contribution in [0.15, 0.2) is 84.9 Å². The molecule has 0 aromatic heterocycles. The normalized spacial score (nSPS) is 16.4. The summed E-state index contributed by atoms with van der Waals surface area (Å²) in [7, 11) is -3.34. The average molecular weight is 467 g/mol. The largest absolute Gasteiger partial charge is 0.491 e. The van der Waals surface area contributed by atoms with Gasteiger partial charge in [-0.3, -0.25) is 4.90 Å². The number of benzene rings is 3. The Labute approximate surface area is 196 Å². The van der Waals surface area contributed by atoms with Crippen LogP contribution in [0.2, 0.25) is 0 Å². The van der Waals surface area contributed by atoms with E-state index < -0.39 is 16.1 Å². The quantitative estimate of drug-likeness (QED) is 0.524. The van der Waals surface area contributed by atoms with Gasteiger partial charge in [0.2, 0.25) is 10.0 Å². The van der Waals surface area contributed by atoms with Crippen molar-refractivity contribution in [3.05, 3.63) is 90.5 Å². The van der Waals surface area contributed by atoms with Crippen LogP contribution < -0.4 is 4.74 Å². The Bertz CT molecular complexity index is 1100. The van der Waals surface area contributed by atoms with Gasteiger partial charge in [0.25, 0.3) is 0 Å². The summed E-state index contributed by atoms with van der Waals surface area (Å²) in [6.45, 7) is 2.70. The molecule has 0 radical (unpaired) electrons. The van der Waals surface area contributed by atoms with Gasteiger partial charge in [0.05, 0.1) is 5.75 Å². The maximum absolute atomic E-state index is 12.7. The monoisotopic (exact) mass is 466 g/mol. The van der Waals surface area contributed by atoms with E-state index in [4.69, 9.17) is 4.74 Å². The molecule has 0 amide bonds. The number of ether oxygens (including phenoxy) is 1. The number of sulfonamides is 1. The van der Waals surface area contributed by atoms with Crippen LogP contribution in [0.5, 0.6) is 5.75 Å². The van der Waals surface area contributed by atoms with Crippen LogP contribution in [0.25, 0.3) is 11.1 Å². The van der Waals surface area contributed by atoms with Gasteiger partial charge in [0.15, 0.2) is 0 Å². The van der Waals surface area contributed by atoms with Gasteiger partial charge in [-0.2, -0.15) is 4.31 Å². The molecule has 33 heavy (non-hydrogen) atoms. The zero-order chi connectivity index (χ0) is 23.1. The van der Waals surface area contributed by atoms with Crippen LogP contribution in [0, 0.1) is 0 Å².